The van der Waals surface area contributed by atoms with Crippen molar-refractivity contribution in [2.24, 2.45) is 5.92 Å². The molecule has 0 N–H and O–H groups in total. The van der Waals surface area contributed by atoms with Crippen molar-refractivity contribution >= 4 is 16.6 Å². The van der Waals surface area contributed by atoms with Crippen molar-refractivity contribution < 1.29 is 9.00 Å². The minimum atomic E-state index is -0.927. The van der Waals surface area contributed by atoms with E-state index in [4.69, 9.17) is 0 Å². The highest BCUT2D eigenvalue weighted by molar-refractivity contribution is 7.85. The van der Waals surface area contributed by atoms with Gasteiger partial charge in [0.05, 0.1) is 10.8 Å². The van der Waals surface area contributed by atoms with E-state index in [9.17, 15) is 9.00 Å². The molecule has 1 saturated carbocycles. The zero-order chi connectivity index (χ0) is 13.9. The number of fused-ring (bicyclic) bond motifs is 1. The molecule has 1 aromatic carbocycles. The van der Waals surface area contributed by atoms with Crippen molar-refractivity contribution in [1.29, 1.82) is 0 Å². The largest absolute Gasteiger partial charge is 0.300 e. The van der Waals surface area contributed by atoms with Crippen LogP contribution in [0.2, 0.25) is 0 Å². The Kier molecular flexibility index (Phi) is 4.32. The van der Waals surface area contributed by atoms with E-state index in [0.29, 0.717) is 29.9 Å². The Morgan fingerprint density at radius 2 is 2.00 bits per heavy atom. The standard InChI is InChI=1S/C16H21NO2S/c18-14-7-6-13-8-9-17(16(13)12-14)10-11-20(19)15-4-2-1-3-5-15/h1-5,13,16H,6-12H2/t13-,16-,20?/m0/s1. The maximum Gasteiger partial charge on any atom is 0.134 e. The summed E-state index contributed by atoms with van der Waals surface area (Å²) in [5.74, 6) is 1.77. The van der Waals surface area contributed by atoms with Crippen molar-refractivity contribution in [3.8, 4) is 0 Å². The predicted molar refractivity (Wildman–Crippen MR) is 80.0 cm³/mol. The van der Waals surface area contributed by atoms with Gasteiger partial charge in [-0.2, -0.15) is 0 Å². The average molecular weight is 291 g/mol. The number of carbonyl (C=O) groups is 1. The molecule has 0 spiro atoms. The van der Waals surface area contributed by atoms with Gasteiger partial charge >= 0.3 is 0 Å². The second kappa shape index (κ2) is 6.19. The van der Waals surface area contributed by atoms with Crippen LogP contribution in [0.1, 0.15) is 25.7 Å². The van der Waals surface area contributed by atoms with E-state index in [0.717, 1.165) is 30.8 Å². The lowest BCUT2D eigenvalue weighted by molar-refractivity contribution is -0.122. The molecule has 1 heterocycles. The molecule has 4 heteroatoms. The number of hydrogen-bond donors (Lipinski definition) is 0. The molecular weight excluding hydrogens is 270 g/mol. The summed E-state index contributed by atoms with van der Waals surface area (Å²) < 4.78 is 12.2. The zero-order valence-corrected chi connectivity index (χ0v) is 12.5. The van der Waals surface area contributed by atoms with Crippen LogP contribution in [0.5, 0.6) is 0 Å². The fourth-order valence-electron chi connectivity index (χ4n) is 3.47. The van der Waals surface area contributed by atoms with Gasteiger partial charge in [-0.25, -0.2) is 0 Å². The minimum Gasteiger partial charge on any atom is -0.300 e. The molecule has 0 aromatic heterocycles. The van der Waals surface area contributed by atoms with Gasteiger partial charge in [-0.3, -0.25) is 13.9 Å². The molecule has 3 nitrogen and oxygen atoms in total. The SMILES string of the molecule is O=C1CC[C@H]2CCN(CCS(=O)c3ccccc3)[C@H]2C1. The number of nitrogens with zero attached hydrogens (tertiary/aromatic N) is 1. The number of Topliss-reactive ketones (excluding diaryl/α,β-unsaturated/α-hetero) is 1. The molecule has 1 saturated heterocycles. The van der Waals surface area contributed by atoms with E-state index in [1.54, 1.807) is 0 Å². The Morgan fingerprint density at radius 3 is 2.80 bits per heavy atom. The average Bonchev–Trinajstić information content (AvgIpc) is 2.88. The van der Waals surface area contributed by atoms with Gasteiger partial charge in [0, 0.05) is 36.1 Å². The third-order valence-corrected chi connectivity index (χ3v) is 5.95. The summed E-state index contributed by atoms with van der Waals surface area (Å²) >= 11 is 0. The quantitative estimate of drug-likeness (QED) is 0.854. The van der Waals surface area contributed by atoms with Crippen LogP contribution >= 0.6 is 0 Å². The molecule has 20 heavy (non-hydrogen) atoms. The normalized spacial score (nSPS) is 28.3. The molecule has 0 bridgehead atoms. The highest BCUT2D eigenvalue weighted by atomic mass is 32.2. The molecule has 1 aromatic rings. The fraction of sp³-hybridized carbons (Fsp3) is 0.562. The second-order valence-electron chi connectivity index (χ2n) is 5.80. The number of benzene rings is 1. The number of ketones is 1. The van der Waals surface area contributed by atoms with Gasteiger partial charge in [0.15, 0.2) is 0 Å². The van der Waals surface area contributed by atoms with E-state index in [-0.39, 0.29) is 0 Å². The molecule has 2 fully saturated rings. The highest BCUT2D eigenvalue weighted by Crippen LogP contribution is 2.34. The summed E-state index contributed by atoms with van der Waals surface area (Å²) in [6.45, 7) is 1.91. The lowest BCUT2D eigenvalue weighted by atomic mass is 9.84. The van der Waals surface area contributed by atoms with Gasteiger partial charge in [0.25, 0.3) is 0 Å². The summed E-state index contributed by atoms with van der Waals surface area (Å²) in [5, 5.41) is 0. The van der Waals surface area contributed by atoms with Crippen molar-refractivity contribution in [2.75, 3.05) is 18.8 Å². The number of rotatable bonds is 4. The fourth-order valence-corrected chi connectivity index (χ4v) is 4.57. The van der Waals surface area contributed by atoms with E-state index in [2.05, 4.69) is 4.90 Å². The Balaban J connectivity index is 1.56. The minimum absolute atomic E-state index is 0.405. The van der Waals surface area contributed by atoms with Crippen molar-refractivity contribution in [2.45, 2.75) is 36.6 Å². The first-order valence-electron chi connectivity index (χ1n) is 7.43. The van der Waals surface area contributed by atoms with E-state index < -0.39 is 10.8 Å². The molecular formula is C16H21NO2S. The van der Waals surface area contributed by atoms with Gasteiger partial charge in [-0.15, -0.1) is 0 Å². The maximum absolute atomic E-state index is 12.2. The molecule has 3 rings (SSSR count). The Hall–Kier alpha value is -1.00. The summed E-state index contributed by atoms with van der Waals surface area (Å²) in [7, 11) is -0.927. The molecule has 2 aliphatic rings. The number of likely N-dealkylation sites (tertiary alicyclic amines) is 1. The van der Waals surface area contributed by atoms with Crippen LogP contribution < -0.4 is 0 Å². The van der Waals surface area contributed by atoms with Gasteiger partial charge < -0.3 is 0 Å². The first kappa shape index (κ1) is 14.0. The van der Waals surface area contributed by atoms with Gasteiger partial charge in [0.2, 0.25) is 0 Å². The summed E-state index contributed by atoms with van der Waals surface area (Å²) in [6.07, 6.45) is 3.74. The summed E-state index contributed by atoms with van der Waals surface area (Å²) in [4.78, 5) is 14.9. The van der Waals surface area contributed by atoms with E-state index in [1.165, 1.54) is 6.42 Å². The molecule has 1 aliphatic heterocycles. The third kappa shape index (κ3) is 3.01. The lowest BCUT2D eigenvalue weighted by Crippen LogP contribution is -2.39. The summed E-state index contributed by atoms with van der Waals surface area (Å²) in [6, 6.07) is 10.1. The maximum atomic E-state index is 12.2. The van der Waals surface area contributed by atoms with Crippen LogP contribution in [-0.4, -0.2) is 39.8 Å². The molecule has 1 aliphatic carbocycles. The first-order valence-corrected chi connectivity index (χ1v) is 8.75. The molecule has 3 atom stereocenters. The third-order valence-electron chi connectivity index (χ3n) is 4.60. The van der Waals surface area contributed by atoms with Crippen molar-refractivity contribution in [3.63, 3.8) is 0 Å². The highest BCUT2D eigenvalue weighted by Gasteiger charge is 2.38. The Labute approximate surface area is 122 Å². The predicted octanol–water partition coefficient (Wildman–Crippen LogP) is 2.24. The molecule has 0 amide bonds. The lowest BCUT2D eigenvalue weighted by Gasteiger charge is -2.30. The molecule has 108 valence electrons. The smallest absolute Gasteiger partial charge is 0.134 e. The number of hydrogen-bond acceptors (Lipinski definition) is 3. The van der Waals surface area contributed by atoms with Crippen molar-refractivity contribution in [1.82, 2.24) is 4.90 Å². The summed E-state index contributed by atoms with van der Waals surface area (Å²) in [5.41, 5.74) is 0. The second-order valence-corrected chi connectivity index (χ2v) is 7.37. The zero-order valence-electron chi connectivity index (χ0n) is 11.7. The molecule has 0 radical (unpaired) electrons. The van der Waals surface area contributed by atoms with Crippen molar-refractivity contribution in [3.05, 3.63) is 30.3 Å². The topological polar surface area (TPSA) is 37.4 Å². The van der Waals surface area contributed by atoms with Gasteiger partial charge in [-0.1, -0.05) is 18.2 Å². The first-order chi connectivity index (χ1) is 9.74. The van der Waals surface area contributed by atoms with E-state index in [1.807, 2.05) is 30.3 Å². The van der Waals surface area contributed by atoms with Crippen LogP contribution in [0.15, 0.2) is 35.2 Å². The Morgan fingerprint density at radius 1 is 1.20 bits per heavy atom. The van der Waals surface area contributed by atoms with Crippen LogP contribution in [0.25, 0.3) is 0 Å². The van der Waals surface area contributed by atoms with Crippen LogP contribution in [0.3, 0.4) is 0 Å². The van der Waals surface area contributed by atoms with Crippen LogP contribution in [0.4, 0.5) is 0 Å². The van der Waals surface area contributed by atoms with E-state index >= 15 is 0 Å². The van der Waals surface area contributed by atoms with Gasteiger partial charge in [0.1, 0.15) is 5.78 Å². The van der Waals surface area contributed by atoms with Crippen LogP contribution in [-0.2, 0) is 15.6 Å². The molecule has 1 unspecified atom stereocenters. The Bertz CT molecular complexity index is 502. The monoisotopic (exact) mass is 291 g/mol. The number of carbonyl (C=O) groups excluding carboxylic acids is 1. The van der Waals surface area contributed by atoms with Gasteiger partial charge in [-0.05, 0) is 37.4 Å². The van der Waals surface area contributed by atoms with Crippen LogP contribution in [0, 0.1) is 5.92 Å².